The zero-order chi connectivity index (χ0) is 27.4. The summed E-state index contributed by atoms with van der Waals surface area (Å²) in [6.07, 6.45) is 1.50. The van der Waals surface area contributed by atoms with E-state index in [4.69, 9.17) is 0 Å². The third kappa shape index (κ3) is 5.66. The van der Waals surface area contributed by atoms with E-state index in [1.807, 2.05) is 79.4 Å². The van der Waals surface area contributed by atoms with E-state index in [0.717, 1.165) is 35.1 Å². The van der Waals surface area contributed by atoms with Crippen LogP contribution in [0, 0.1) is 5.82 Å². The summed E-state index contributed by atoms with van der Waals surface area (Å²) < 4.78 is 13.8. The molecule has 5 rings (SSSR count). The Morgan fingerprint density at radius 3 is 2.15 bits per heavy atom. The maximum Gasteiger partial charge on any atom is 0.243 e. The second kappa shape index (κ2) is 12.0. The molecule has 0 radical (unpaired) electrons. The average molecular weight is 541 g/mol. The number of fused-ring (bicyclic) bond motifs is 1. The van der Waals surface area contributed by atoms with Crippen molar-refractivity contribution in [3.8, 4) is 0 Å². The van der Waals surface area contributed by atoms with Crippen molar-refractivity contribution in [1.29, 1.82) is 0 Å². The molecule has 2 heterocycles. The molecule has 2 amide bonds. The van der Waals surface area contributed by atoms with Gasteiger partial charge in [-0.15, -0.1) is 11.3 Å². The number of hydrogen-bond donors (Lipinski definition) is 0. The first kappa shape index (κ1) is 26.8. The lowest BCUT2D eigenvalue weighted by Crippen LogP contribution is -2.50. The predicted octanol–water partition coefficient (Wildman–Crippen LogP) is 6.82. The molecule has 39 heavy (non-hydrogen) atoms. The molecule has 0 saturated heterocycles. The molecule has 4 nitrogen and oxygen atoms in total. The molecule has 0 N–H and O–H groups in total. The highest BCUT2D eigenvalue weighted by atomic mass is 32.1. The van der Waals surface area contributed by atoms with E-state index in [9.17, 15) is 14.0 Å². The van der Waals surface area contributed by atoms with E-state index < -0.39 is 5.92 Å². The highest BCUT2D eigenvalue weighted by Crippen LogP contribution is 2.38. The van der Waals surface area contributed by atoms with E-state index in [1.165, 1.54) is 17.0 Å². The molecule has 2 unspecified atom stereocenters. The zero-order valence-corrected chi connectivity index (χ0v) is 23.1. The third-order valence-corrected chi connectivity index (χ3v) is 8.69. The van der Waals surface area contributed by atoms with Crippen LogP contribution in [0.1, 0.15) is 59.4 Å². The van der Waals surface area contributed by atoms with Gasteiger partial charge in [0.25, 0.3) is 0 Å². The van der Waals surface area contributed by atoms with Gasteiger partial charge in [-0.25, -0.2) is 4.39 Å². The van der Waals surface area contributed by atoms with Crippen LogP contribution in [-0.2, 0) is 16.0 Å². The van der Waals surface area contributed by atoms with Gasteiger partial charge < -0.3 is 9.80 Å². The fourth-order valence-electron chi connectivity index (χ4n) is 5.43. The van der Waals surface area contributed by atoms with Crippen molar-refractivity contribution in [2.45, 2.75) is 44.7 Å². The number of carbonyl (C=O) groups excluding carboxylic acids is 2. The van der Waals surface area contributed by atoms with Gasteiger partial charge in [-0.1, -0.05) is 79.7 Å². The summed E-state index contributed by atoms with van der Waals surface area (Å²) in [7, 11) is 0. The van der Waals surface area contributed by atoms with Crippen LogP contribution in [-0.4, -0.2) is 40.7 Å². The summed E-state index contributed by atoms with van der Waals surface area (Å²) in [5.41, 5.74) is 3.76. The van der Waals surface area contributed by atoms with E-state index >= 15 is 0 Å². The Labute approximate surface area is 233 Å². The van der Waals surface area contributed by atoms with Gasteiger partial charge in [-0.05, 0) is 65.6 Å². The number of rotatable bonds is 8. The number of amides is 2. The van der Waals surface area contributed by atoms with Crippen molar-refractivity contribution in [3.05, 3.63) is 129 Å². The molecule has 2 atom stereocenters. The van der Waals surface area contributed by atoms with Gasteiger partial charge in [-0.3, -0.25) is 9.59 Å². The molecular weight excluding hydrogens is 507 g/mol. The van der Waals surface area contributed by atoms with Crippen LogP contribution in [0.4, 0.5) is 4.39 Å². The van der Waals surface area contributed by atoms with Gasteiger partial charge >= 0.3 is 0 Å². The topological polar surface area (TPSA) is 40.6 Å². The molecule has 3 aromatic carbocycles. The summed E-state index contributed by atoms with van der Waals surface area (Å²) in [6, 6.07) is 27.6. The molecular formula is C33H33FN2O2S. The molecule has 4 aromatic rings. The molecule has 0 spiro atoms. The monoisotopic (exact) mass is 540 g/mol. The molecule has 1 aliphatic rings. The van der Waals surface area contributed by atoms with Gasteiger partial charge in [-0.2, -0.15) is 0 Å². The minimum atomic E-state index is -0.507. The van der Waals surface area contributed by atoms with Crippen molar-refractivity contribution in [3.63, 3.8) is 0 Å². The van der Waals surface area contributed by atoms with Crippen LogP contribution >= 0.6 is 11.3 Å². The van der Waals surface area contributed by atoms with Crippen LogP contribution in [0.2, 0.25) is 0 Å². The van der Waals surface area contributed by atoms with Crippen molar-refractivity contribution >= 4 is 23.2 Å². The first-order valence-corrected chi connectivity index (χ1v) is 14.4. The maximum atomic E-state index is 14.3. The number of halogens is 1. The van der Waals surface area contributed by atoms with Gasteiger partial charge in [0.05, 0.1) is 12.0 Å². The lowest BCUT2D eigenvalue weighted by atomic mass is 9.89. The molecule has 200 valence electrons. The third-order valence-electron chi connectivity index (χ3n) is 7.70. The first-order valence-electron chi connectivity index (χ1n) is 13.5. The number of thiophene rings is 1. The maximum absolute atomic E-state index is 14.3. The molecule has 6 heteroatoms. The fraction of sp³-hybridized carbons (Fsp3) is 0.273. The Hall–Kier alpha value is -3.77. The largest absolute Gasteiger partial charge is 0.330 e. The van der Waals surface area contributed by atoms with E-state index in [2.05, 4.69) is 11.4 Å². The quantitative estimate of drug-likeness (QED) is 0.246. The molecule has 1 aromatic heterocycles. The highest BCUT2D eigenvalue weighted by molar-refractivity contribution is 7.10. The van der Waals surface area contributed by atoms with Crippen LogP contribution in [0.25, 0.3) is 0 Å². The van der Waals surface area contributed by atoms with Crippen molar-refractivity contribution in [1.82, 2.24) is 9.80 Å². The molecule has 0 aliphatic carbocycles. The molecule has 0 fully saturated rings. The normalized spacial score (nSPS) is 15.6. The van der Waals surface area contributed by atoms with E-state index in [0.29, 0.717) is 6.54 Å². The van der Waals surface area contributed by atoms with Crippen molar-refractivity contribution in [2.24, 2.45) is 0 Å². The van der Waals surface area contributed by atoms with Crippen LogP contribution in [0.3, 0.4) is 0 Å². The second-order valence-corrected chi connectivity index (χ2v) is 11.1. The minimum Gasteiger partial charge on any atom is -0.330 e. The second-order valence-electron chi connectivity index (χ2n) is 10.1. The lowest BCUT2D eigenvalue weighted by molar-refractivity contribution is -0.143. The Kier molecular flexibility index (Phi) is 8.22. The van der Waals surface area contributed by atoms with Crippen molar-refractivity contribution in [2.75, 3.05) is 13.1 Å². The zero-order valence-electron chi connectivity index (χ0n) is 22.3. The van der Waals surface area contributed by atoms with E-state index in [-0.39, 0.29) is 36.3 Å². The summed E-state index contributed by atoms with van der Waals surface area (Å²) in [4.78, 5) is 33.3. The molecule has 0 bridgehead atoms. The van der Waals surface area contributed by atoms with Crippen LogP contribution in [0.15, 0.2) is 96.4 Å². The van der Waals surface area contributed by atoms with Gasteiger partial charge in [0, 0.05) is 17.5 Å². The lowest BCUT2D eigenvalue weighted by Gasteiger charge is -2.39. The van der Waals surface area contributed by atoms with Crippen molar-refractivity contribution < 1.29 is 14.0 Å². The Bertz CT molecular complexity index is 1370. The number of benzene rings is 3. The number of nitrogens with zero attached hydrogens (tertiary/aromatic N) is 2. The number of hydrogen-bond acceptors (Lipinski definition) is 3. The SMILES string of the molecule is CCC(C)N(CC(=O)N1CCc2sccc2C1c1ccc(F)cc1)C(=O)C(c1ccccc1)c1ccccc1. The van der Waals surface area contributed by atoms with E-state index in [1.54, 1.807) is 28.4 Å². The van der Waals surface area contributed by atoms with Gasteiger partial charge in [0.15, 0.2) is 0 Å². The van der Waals surface area contributed by atoms with Crippen LogP contribution in [0.5, 0.6) is 0 Å². The minimum absolute atomic E-state index is 0.0127. The van der Waals surface area contributed by atoms with Gasteiger partial charge in [0.2, 0.25) is 11.8 Å². The smallest absolute Gasteiger partial charge is 0.243 e. The fourth-order valence-corrected chi connectivity index (χ4v) is 6.34. The first-order chi connectivity index (χ1) is 19.0. The highest BCUT2D eigenvalue weighted by Gasteiger charge is 2.36. The molecule has 1 aliphatic heterocycles. The Balaban J connectivity index is 1.48. The van der Waals surface area contributed by atoms with Crippen LogP contribution < -0.4 is 0 Å². The number of carbonyl (C=O) groups is 2. The molecule has 0 saturated carbocycles. The summed E-state index contributed by atoms with van der Waals surface area (Å²) in [6.45, 7) is 4.58. The predicted molar refractivity (Wildman–Crippen MR) is 154 cm³/mol. The summed E-state index contributed by atoms with van der Waals surface area (Å²) >= 11 is 1.69. The summed E-state index contributed by atoms with van der Waals surface area (Å²) in [5, 5.41) is 2.05. The summed E-state index contributed by atoms with van der Waals surface area (Å²) in [5.74, 6) is -0.998. The Morgan fingerprint density at radius 2 is 1.56 bits per heavy atom. The standard InChI is InChI=1S/C33H33FN2O2S/c1-3-23(2)36(33(38)31(24-10-6-4-7-11-24)25-12-8-5-9-13-25)22-30(37)35-20-18-29-28(19-21-39-29)32(35)26-14-16-27(34)17-15-26/h4-17,19,21,23,31-32H,3,18,20,22H2,1-2H3. The van der Waals surface area contributed by atoms with Gasteiger partial charge in [0.1, 0.15) is 12.4 Å². The Morgan fingerprint density at radius 1 is 0.949 bits per heavy atom. The average Bonchev–Trinajstić information content (AvgIpc) is 3.46.